The van der Waals surface area contributed by atoms with E-state index in [9.17, 15) is 14.4 Å². The largest absolute Gasteiger partial charge is 0.325 e. The number of halogens is 1. The molecule has 9 heteroatoms. The van der Waals surface area contributed by atoms with E-state index >= 15 is 0 Å². The third-order valence-electron chi connectivity index (χ3n) is 4.84. The van der Waals surface area contributed by atoms with Gasteiger partial charge >= 0.3 is 0 Å². The lowest BCUT2D eigenvalue weighted by molar-refractivity contribution is -0.113. The molecule has 0 fully saturated rings. The van der Waals surface area contributed by atoms with Gasteiger partial charge in [0, 0.05) is 10.7 Å². The second kappa shape index (κ2) is 8.38. The van der Waals surface area contributed by atoms with Gasteiger partial charge in [0.15, 0.2) is 4.34 Å². The van der Waals surface area contributed by atoms with Crippen LogP contribution in [0.25, 0.3) is 10.2 Å². The molecule has 1 N–H and O–H groups in total. The third-order valence-corrected chi connectivity index (χ3v) is 7.24. The second-order valence-electron chi connectivity index (χ2n) is 6.97. The van der Waals surface area contributed by atoms with Crippen LogP contribution in [0.3, 0.4) is 0 Å². The molecule has 4 aromatic rings. The molecule has 0 aliphatic carbocycles. The number of hydrogen-bond donors (Lipinski definition) is 1. The lowest BCUT2D eigenvalue weighted by Crippen LogP contribution is -2.29. The normalized spacial score (nSPS) is 13.0. The number of nitrogens with zero attached hydrogens (tertiary/aromatic N) is 2. The van der Waals surface area contributed by atoms with E-state index in [1.165, 1.54) is 28.0 Å². The summed E-state index contributed by atoms with van der Waals surface area (Å²) >= 11 is 8.67. The molecule has 1 aliphatic heterocycles. The second-order valence-corrected chi connectivity index (χ2v) is 9.66. The van der Waals surface area contributed by atoms with Crippen molar-refractivity contribution in [2.75, 3.05) is 16.0 Å². The van der Waals surface area contributed by atoms with Gasteiger partial charge in [-0.3, -0.25) is 14.4 Å². The molecule has 1 aromatic heterocycles. The zero-order valence-electron chi connectivity index (χ0n) is 16.4. The minimum Gasteiger partial charge on any atom is -0.325 e. The van der Waals surface area contributed by atoms with E-state index in [-0.39, 0.29) is 23.5 Å². The highest BCUT2D eigenvalue weighted by Crippen LogP contribution is 2.35. The van der Waals surface area contributed by atoms with Crippen molar-refractivity contribution in [3.05, 3.63) is 82.9 Å². The number of thioether (sulfide) groups is 1. The van der Waals surface area contributed by atoms with Gasteiger partial charge in [-0.2, -0.15) is 0 Å². The molecule has 0 bridgehead atoms. The molecule has 5 rings (SSSR count). The van der Waals surface area contributed by atoms with Crippen LogP contribution in [0.1, 0.15) is 20.7 Å². The molecule has 0 saturated heterocycles. The lowest BCUT2D eigenvalue weighted by atomic mass is 10.1. The molecule has 0 radical (unpaired) electrons. The molecule has 1 aliphatic rings. The highest BCUT2D eigenvalue weighted by molar-refractivity contribution is 8.01. The Morgan fingerprint density at radius 2 is 1.75 bits per heavy atom. The average molecular weight is 480 g/mol. The first-order chi connectivity index (χ1) is 15.5. The van der Waals surface area contributed by atoms with Crippen molar-refractivity contribution in [1.29, 1.82) is 0 Å². The zero-order valence-corrected chi connectivity index (χ0v) is 18.8. The van der Waals surface area contributed by atoms with E-state index in [0.717, 1.165) is 14.6 Å². The summed E-state index contributed by atoms with van der Waals surface area (Å²) < 4.78 is 1.55. The van der Waals surface area contributed by atoms with E-state index in [0.29, 0.717) is 27.5 Å². The van der Waals surface area contributed by atoms with Crippen LogP contribution in [-0.2, 0) is 4.79 Å². The molecule has 0 saturated carbocycles. The van der Waals surface area contributed by atoms with Crippen LogP contribution >= 0.6 is 34.7 Å². The van der Waals surface area contributed by atoms with Crippen molar-refractivity contribution < 1.29 is 14.4 Å². The van der Waals surface area contributed by atoms with Crippen molar-refractivity contribution in [3.63, 3.8) is 0 Å². The number of thiazole rings is 1. The van der Waals surface area contributed by atoms with Gasteiger partial charge in [0.2, 0.25) is 5.91 Å². The van der Waals surface area contributed by atoms with Crippen molar-refractivity contribution >= 4 is 74.0 Å². The smallest absolute Gasteiger partial charge is 0.266 e. The summed E-state index contributed by atoms with van der Waals surface area (Å²) in [5.74, 6) is -0.635. The van der Waals surface area contributed by atoms with Crippen LogP contribution < -0.4 is 10.2 Å². The highest BCUT2D eigenvalue weighted by atomic mass is 35.5. The molecular formula is C23H14ClN3O3S2. The van der Waals surface area contributed by atoms with Crippen LogP contribution in [0.2, 0.25) is 5.02 Å². The Morgan fingerprint density at radius 1 is 1.00 bits per heavy atom. The maximum Gasteiger partial charge on any atom is 0.266 e. The maximum atomic E-state index is 12.7. The Labute approximate surface area is 196 Å². The van der Waals surface area contributed by atoms with Gasteiger partial charge in [0.25, 0.3) is 11.8 Å². The van der Waals surface area contributed by atoms with Gasteiger partial charge in [-0.1, -0.05) is 41.6 Å². The molecule has 3 amide bonds. The summed E-state index contributed by atoms with van der Waals surface area (Å²) in [6.07, 6.45) is 0. The Balaban J connectivity index is 1.31. The van der Waals surface area contributed by atoms with Gasteiger partial charge in [-0.05, 0) is 48.5 Å². The zero-order chi connectivity index (χ0) is 22.2. The molecule has 0 atom stereocenters. The number of amides is 3. The fraction of sp³-hybridized carbons (Fsp3) is 0.0435. The number of nitrogens with one attached hydrogen (secondary N) is 1. The standard InChI is InChI=1S/C23H14ClN3O3S2/c24-13-4-3-5-14(10-13)25-20(28)12-31-23-26-18-9-8-15(11-19(18)32-23)27-21(29)16-6-1-2-7-17(16)22(27)30/h1-11H,12H2,(H,25,28). The number of benzene rings is 3. The molecule has 0 spiro atoms. The molecule has 32 heavy (non-hydrogen) atoms. The Bertz CT molecular complexity index is 1370. The van der Waals surface area contributed by atoms with Crippen molar-refractivity contribution in [1.82, 2.24) is 4.98 Å². The van der Waals surface area contributed by atoms with Crippen molar-refractivity contribution in [2.45, 2.75) is 4.34 Å². The van der Waals surface area contributed by atoms with Gasteiger partial charge in [-0.25, -0.2) is 9.88 Å². The first-order valence-corrected chi connectivity index (χ1v) is 11.7. The number of hydrogen-bond acceptors (Lipinski definition) is 6. The van der Waals surface area contributed by atoms with Crippen LogP contribution in [-0.4, -0.2) is 28.5 Å². The molecule has 6 nitrogen and oxygen atoms in total. The molecule has 2 heterocycles. The molecule has 3 aromatic carbocycles. The first-order valence-electron chi connectivity index (χ1n) is 9.56. The first kappa shape index (κ1) is 20.7. The number of carbonyl (C=O) groups excluding carboxylic acids is 3. The van der Waals surface area contributed by atoms with Gasteiger partial charge < -0.3 is 5.32 Å². The van der Waals surface area contributed by atoms with Gasteiger partial charge in [-0.15, -0.1) is 11.3 Å². The summed E-state index contributed by atoms with van der Waals surface area (Å²) in [5.41, 5.74) is 2.70. The predicted molar refractivity (Wildman–Crippen MR) is 128 cm³/mol. The van der Waals surface area contributed by atoms with E-state index in [4.69, 9.17) is 11.6 Å². The summed E-state index contributed by atoms with van der Waals surface area (Å²) in [6.45, 7) is 0. The average Bonchev–Trinajstić information content (AvgIpc) is 3.30. The lowest BCUT2D eigenvalue weighted by Gasteiger charge is -2.13. The van der Waals surface area contributed by atoms with E-state index in [2.05, 4.69) is 10.3 Å². The minimum absolute atomic E-state index is 0.164. The van der Waals surface area contributed by atoms with E-state index < -0.39 is 0 Å². The monoisotopic (exact) mass is 479 g/mol. The number of rotatable bonds is 5. The third kappa shape index (κ3) is 3.88. The Kier molecular flexibility index (Phi) is 5.42. The van der Waals surface area contributed by atoms with Crippen LogP contribution in [0.4, 0.5) is 11.4 Å². The number of aromatic nitrogens is 1. The predicted octanol–water partition coefficient (Wildman–Crippen LogP) is 5.48. The van der Waals surface area contributed by atoms with Gasteiger partial charge in [0.1, 0.15) is 0 Å². The number of fused-ring (bicyclic) bond motifs is 2. The number of imide groups is 1. The summed E-state index contributed by atoms with van der Waals surface area (Å²) in [5, 5.41) is 3.35. The maximum absolute atomic E-state index is 12.7. The summed E-state index contributed by atoms with van der Waals surface area (Å²) in [7, 11) is 0. The Morgan fingerprint density at radius 3 is 2.47 bits per heavy atom. The topological polar surface area (TPSA) is 79.4 Å². The van der Waals surface area contributed by atoms with Crippen molar-refractivity contribution in [3.8, 4) is 0 Å². The number of carbonyl (C=O) groups is 3. The summed E-state index contributed by atoms with van der Waals surface area (Å²) in [6, 6.07) is 19.0. The highest BCUT2D eigenvalue weighted by Gasteiger charge is 2.36. The molecule has 158 valence electrons. The number of anilines is 2. The molecule has 0 unspecified atom stereocenters. The van der Waals surface area contributed by atoms with E-state index in [1.54, 1.807) is 66.7 Å². The molecular weight excluding hydrogens is 466 g/mol. The SMILES string of the molecule is O=C(CSc1nc2ccc(N3C(=O)c4ccccc4C3=O)cc2s1)Nc1cccc(Cl)c1. The van der Waals surface area contributed by atoms with Crippen LogP contribution in [0, 0.1) is 0 Å². The fourth-order valence-corrected chi connectivity index (χ4v) is 5.50. The Hall–Kier alpha value is -3.20. The minimum atomic E-state index is -0.332. The van der Waals surface area contributed by atoms with Crippen molar-refractivity contribution in [2.24, 2.45) is 0 Å². The fourth-order valence-electron chi connectivity index (χ4n) is 3.41. The van der Waals surface area contributed by atoms with Crippen LogP contribution in [0.15, 0.2) is 71.1 Å². The van der Waals surface area contributed by atoms with E-state index in [1.807, 2.05) is 0 Å². The van der Waals surface area contributed by atoms with Gasteiger partial charge in [0.05, 0.1) is 32.8 Å². The summed E-state index contributed by atoms with van der Waals surface area (Å²) in [4.78, 5) is 43.4. The quantitative estimate of drug-likeness (QED) is 0.303. The van der Waals surface area contributed by atoms with Crippen LogP contribution in [0.5, 0.6) is 0 Å².